The van der Waals surface area contributed by atoms with Crippen molar-refractivity contribution in [2.45, 2.75) is 52.0 Å². The quantitative estimate of drug-likeness (QED) is 0.589. The van der Waals surface area contributed by atoms with Gasteiger partial charge in [0.1, 0.15) is 7.11 Å². The van der Waals surface area contributed by atoms with E-state index in [4.69, 9.17) is 9.57 Å². The van der Waals surface area contributed by atoms with Crippen molar-refractivity contribution in [3.05, 3.63) is 0 Å². The van der Waals surface area contributed by atoms with E-state index in [1.54, 1.807) is 7.11 Å². The number of ether oxygens (including phenoxy) is 1. The van der Waals surface area contributed by atoms with Crippen LogP contribution in [0, 0.1) is 5.92 Å². The van der Waals surface area contributed by atoms with Gasteiger partial charge < -0.3 is 19.4 Å². The molecule has 2 aliphatic heterocycles. The van der Waals surface area contributed by atoms with E-state index in [1.165, 1.54) is 6.42 Å². The molecule has 0 radical (unpaired) electrons. The maximum atomic E-state index is 11.9. The average Bonchev–Trinajstić information content (AvgIpc) is 2.81. The molecule has 0 N–H and O–H groups in total. The second-order valence-electron chi connectivity index (χ2n) is 6.50. The molecule has 6 heteroatoms. The summed E-state index contributed by atoms with van der Waals surface area (Å²) >= 11 is 0. The van der Waals surface area contributed by atoms with Gasteiger partial charge in [0.15, 0.2) is 0 Å². The van der Waals surface area contributed by atoms with E-state index in [-0.39, 0.29) is 6.09 Å². The SMILES string of the molecule is CCOC(=O)N1CCC[C@H](N2CCC(C(C)=NOC)CC2)CC1. The molecule has 6 nitrogen and oxygen atoms in total. The van der Waals surface area contributed by atoms with Crippen LogP contribution in [-0.4, -0.2) is 67.5 Å². The molecule has 2 rings (SSSR count). The highest BCUT2D eigenvalue weighted by molar-refractivity contribution is 5.83. The number of hydrogen-bond donors (Lipinski definition) is 0. The fourth-order valence-electron chi connectivity index (χ4n) is 3.74. The predicted molar refractivity (Wildman–Crippen MR) is 90.6 cm³/mol. The molecular weight excluding hydrogens is 294 g/mol. The van der Waals surface area contributed by atoms with Crippen LogP contribution in [0.3, 0.4) is 0 Å². The maximum absolute atomic E-state index is 11.9. The molecule has 2 fully saturated rings. The van der Waals surface area contributed by atoms with Gasteiger partial charge >= 0.3 is 6.09 Å². The second-order valence-corrected chi connectivity index (χ2v) is 6.50. The maximum Gasteiger partial charge on any atom is 0.409 e. The predicted octanol–water partition coefficient (Wildman–Crippen LogP) is 2.73. The number of piperidine rings is 1. The van der Waals surface area contributed by atoms with Crippen LogP contribution in [0.25, 0.3) is 0 Å². The summed E-state index contributed by atoms with van der Waals surface area (Å²) in [6.45, 7) is 8.24. The molecule has 0 aromatic heterocycles. The minimum atomic E-state index is -0.154. The van der Waals surface area contributed by atoms with E-state index in [0.717, 1.165) is 57.6 Å². The second kappa shape index (κ2) is 9.11. The number of rotatable bonds is 4. The Morgan fingerprint density at radius 3 is 2.52 bits per heavy atom. The smallest absolute Gasteiger partial charge is 0.409 e. The molecule has 0 unspecified atom stereocenters. The standard InChI is InChI=1S/C17H31N3O3/c1-4-23-17(21)20-10-5-6-16(9-13-20)19-11-7-15(8-12-19)14(2)18-22-3/h15-16H,4-13H2,1-3H3/t16-/m0/s1. The van der Waals surface area contributed by atoms with E-state index < -0.39 is 0 Å². The molecule has 1 amide bonds. The fraction of sp³-hybridized carbons (Fsp3) is 0.882. The van der Waals surface area contributed by atoms with Crippen molar-refractivity contribution in [1.82, 2.24) is 9.80 Å². The van der Waals surface area contributed by atoms with Crippen molar-refractivity contribution in [1.29, 1.82) is 0 Å². The Morgan fingerprint density at radius 2 is 1.87 bits per heavy atom. The molecule has 0 saturated carbocycles. The molecule has 2 saturated heterocycles. The molecule has 0 aromatic rings. The van der Waals surface area contributed by atoms with Crippen LogP contribution >= 0.6 is 0 Å². The van der Waals surface area contributed by atoms with Crippen LogP contribution in [0.1, 0.15) is 46.0 Å². The molecule has 0 aromatic carbocycles. The number of hydrogen-bond acceptors (Lipinski definition) is 5. The Labute approximate surface area is 139 Å². The highest BCUT2D eigenvalue weighted by atomic mass is 16.6. The van der Waals surface area contributed by atoms with Crippen molar-refractivity contribution in [2.75, 3.05) is 39.9 Å². The summed E-state index contributed by atoms with van der Waals surface area (Å²) < 4.78 is 5.13. The Morgan fingerprint density at radius 1 is 1.13 bits per heavy atom. The third kappa shape index (κ3) is 5.09. The van der Waals surface area contributed by atoms with Crippen LogP contribution in [0.2, 0.25) is 0 Å². The average molecular weight is 325 g/mol. The number of carbonyl (C=O) groups is 1. The molecule has 0 spiro atoms. The zero-order valence-electron chi connectivity index (χ0n) is 14.8. The van der Waals surface area contributed by atoms with Crippen molar-refractivity contribution in [2.24, 2.45) is 11.1 Å². The van der Waals surface area contributed by atoms with E-state index in [9.17, 15) is 4.79 Å². The van der Waals surface area contributed by atoms with Crippen LogP contribution in [0.15, 0.2) is 5.16 Å². The highest BCUT2D eigenvalue weighted by Gasteiger charge is 2.29. The lowest BCUT2D eigenvalue weighted by Gasteiger charge is -2.37. The van der Waals surface area contributed by atoms with Crippen molar-refractivity contribution in [3.8, 4) is 0 Å². The number of oxime groups is 1. The van der Waals surface area contributed by atoms with E-state index in [2.05, 4.69) is 17.0 Å². The van der Waals surface area contributed by atoms with Crippen molar-refractivity contribution < 1.29 is 14.4 Å². The lowest BCUT2D eigenvalue weighted by molar-refractivity contribution is 0.105. The zero-order chi connectivity index (χ0) is 16.7. The molecule has 132 valence electrons. The number of nitrogens with zero attached hydrogens (tertiary/aromatic N) is 3. The van der Waals surface area contributed by atoms with Gasteiger partial charge in [-0.3, -0.25) is 0 Å². The van der Waals surface area contributed by atoms with E-state index in [0.29, 0.717) is 18.6 Å². The topological polar surface area (TPSA) is 54.4 Å². The molecular formula is C17H31N3O3. The van der Waals surface area contributed by atoms with Gasteiger partial charge in [-0.05, 0) is 59.0 Å². The number of amides is 1. The third-order valence-electron chi connectivity index (χ3n) is 5.10. The van der Waals surface area contributed by atoms with Crippen LogP contribution < -0.4 is 0 Å². The van der Waals surface area contributed by atoms with Crippen LogP contribution in [-0.2, 0) is 9.57 Å². The summed E-state index contributed by atoms with van der Waals surface area (Å²) in [5, 5.41) is 4.09. The molecule has 2 aliphatic rings. The largest absolute Gasteiger partial charge is 0.450 e. The van der Waals surface area contributed by atoms with Gasteiger partial charge in [-0.2, -0.15) is 0 Å². The summed E-state index contributed by atoms with van der Waals surface area (Å²) in [6, 6.07) is 0.593. The lowest BCUT2D eigenvalue weighted by Crippen LogP contribution is -2.43. The first-order valence-corrected chi connectivity index (χ1v) is 8.89. The molecule has 0 bridgehead atoms. The van der Waals surface area contributed by atoms with Gasteiger partial charge in [0.05, 0.1) is 12.3 Å². The summed E-state index contributed by atoms with van der Waals surface area (Å²) in [7, 11) is 1.61. The summed E-state index contributed by atoms with van der Waals surface area (Å²) in [5.41, 5.74) is 1.11. The van der Waals surface area contributed by atoms with Gasteiger partial charge in [0.2, 0.25) is 0 Å². The first-order chi connectivity index (χ1) is 11.2. The Hall–Kier alpha value is -1.30. The van der Waals surface area contributed by atoms with E-state index >= 15 is 0 Å². The van der Waals surface area contributed by atoms with Crippen LogP contribution in [0.5, 0.6) is 0 Å². The Balaban J connectivity index is 1.80. The first-order valence-electron chi connectivity index (χ1n) is 8.89. The number of likely N-dealkylation sites (tertiary alicyclic amines) is 2. The monoisotopic (exact) mass is 325 g/mol. The van der Waals surface area contributed by atoms with Gasteiger partial charge in [-0.25, -0.2) is 4.79 Å². The fourth-order valence-corrected chi connectivity index (χ4v) is 3.74. The first kappa shape index (κ1) is 18.0. The molecule has 0 aliphatic carbocycles. The Bertz CT molecular complexity index is 406. The summed E-state index contributed by atoms with van der Waals surface area (Å²) in [6.07, 6.45) is 5.43. The van der Waals surface area contributed by atoms with Crippen LogP contribution in [0.4, 0.5) is 4.79 Å². The van der Waals surface area contributed by atoms with Crippen molar-refractivity contribution in [3.63, 3.8) is 0 Å². The summed E-state index contributed by atoms with van der Waals surface area (Å²) in [4.78, 5) is 21.2. The molecule has 23 heavy (non-hydrogen) atoms. The van der Waals surface area contributed by atoms with Gasteiger partial charge in [-0.15, -0.1) is 0 Å². The number of carbonyl (C=O) groups excluding carboxylic acids is 1. The van der Waals surface area contributed by atoms with Gasteiger partial charge in [0.25, 0.3) is 0 Å². The minimum absolute atomic E-state index is 0.154. The minimum Gasteiger partial charge on any atom is -0.450 e. The van der Waals surface area contributed by atoms with Crippen molar-refractivity contribution >= 4 is 11.8 Å². The highest BCUT2D eigenvalue weighted by Crippen LogP contribution is 2.25. The molecule has 2 heterocycles. The van der Waals surface area contributed by atoms with Gasteiger partial charge in [0, 0.05) is 25.0 Å². The normalized spacial score (nSPS) is 25.1. The lowest BCUT2D eigenvalue weighted by atomic mass is 9.91. The third-order valence-corrected chi connectivity index (χ3v) is 5.10. The molecule has 1 atom stereocenters. The Kier molecular flexibility index (Phi) is 7.15. The van der Waals surface area contributed by atoms with E-state index in [1.807, 2.05) is 11.8 Å². The van der Waals surface area contributed by atoms with Gasteiger partial charge in [-0.1, -0.05) is 5.16 Å². The summed E-state index contributed by atoms with van der Waals surface area (Å²) in [5.74, 6) is 0.549. The zero-order valence-corrected chi connectivity index (χ0v) is 14.8.